The molecule has 4 aromatic rings. The Bertz CT molecular complexity index is 1210. The molecule has 172 valence electrons. The largest absolute Gasteiger partial charge is 0.368 e. The van der Waals surface area contributed by atoms with Gasteiger partial charge in [0.05, 0.1) is 16.5 Å². The Hall–Kier alpha value is -3.09. The number of carbonyl (C=O) groups is 1. The van der Waals surface area contributed by atoms with Gasteiger partial charge in [0, 0.05) is 43.3 Å². The van der Waals surface area contributed by atoms with Crippen molar-refractivity contribution >= 4 is 55.7 Å². The van der Waals surface area contributed by atoms with Crippen molar-refractivity contribution in [2.75, 3.05) is 42.1 Å². The number of rotatable bonds is 9. The zero-order chi connectivity index (χ0) is 22.5. The molecule has 0 atom stereocenters. The highest BCUT2D eigenvalue weighted by Gasteiger charge is 2.12. The van der Waals surface area contributed by atoms with Crippen molar-refractivity contribution in [3.05, 3.63) is 41.4 Å². The first-order valence-corrected chi connectivity index (χ1v) is 12.6. The Morgan fingerprint density at radius 1 is 1.09 bits per heavy atom. The number of fused-ring (bicyclic) bond motifs is 1. The van der Waals surface area contributed by atoms with E-state index in [1.165, 1.54) is 37.3 Å². The Balaban J connectivity index is 1.07. The van der Waals surface area contributed by atoms with Crippen LogP contribution in [0, 0.1) is 0 Å². The summed E-state index contributed by atoms with van der Waals surface area (Å²) in [5.74, 6) is 1.37. The van der Waals surface area contributed by atoms with Crippen LogP contribution in [0.2, 0.25) is 0 Å². The van der Waals surface area contributed by atoms with Crippen molar-refractivity contribution in [3.8, 4) is 0 Å². The quantitative estimate of drug-likeness (QED) is 0.332. The Morgan fingerprint density at radius 2 is 2.00 bits per heavy atom. The van der Waals surface area contributed by atoms with Crippen LogP contribution in [0.3, 0.4) is 0 Å². The molecule has 0 spiro atoms. The minimum atomic E-state index is -0.347. The average molecular weight is 484 g/mol. The molecule has 0 unspecified atom stereocenters. The predicted molar refractivity (Wildman–Crippen MR) is 132 cm³/mol. The first kappa shape index (κ1) is 21.7. The molecule has 33 heavy (non-hydrogen) atoms. The van der Waals surface area contributed by atoms with Gasteiger partial charge in [0.25, 0.3) is 0 Å². The van der Waals surface area contributed by atoms with Crippen molar-refractivity contribution in [3.63, 3.8) is 0 Å². The third-order valence-corrected chi connectivity index (χ3v) is 7.31. The highest BCUT2D eigenvalue weighted by Crippen LogP contribution is 2.25. The van der Waals surface area contributed by atoms with Gasteiger partial charge in [0.15, 0.2) is 10.9 Å². The molecular weight excluding hydrogens is 458 g/mol. The van der Waals surface area contributed by atoms with Gasteiger partial charge in [-0.25, -0.2) is 24.7 Å². The van der Waals surface area contributed by atoms with E-state index in [1.54, 1.807) is 30.2 Å². The van der Waals surface area contributed by atoms with Crippen LogP contribution < -0.4 is 16.0 Å². The lowest BCUT2D eigenvalue weighted by molar-refractivity contribution is 0.262. The lowest BCUT2D eigenvalue weighted by Crippen LogP contribution is -2.23. The maximum atomic E-state index is 12.3. The van der Waals surface area contributed by atoms with Crippen LogP contribution in [0.25, 0.3) is 10.2 Å². The molecule has 1 aliphatic rings. The summed E-state index contributed by atoms with van der Waals surface area (Å²) in [5.41, 5.74) is 0.948. The first-order valence-electron chi connectivity index (χ1n) is 10.9. The third-order valence-electron chi connectivity index (χ3n) is 5.43. The summed E-state index contributed by atoms with van der Waals surface area (Å²) in [6.07, 6.45) is 10.3. The standard InChI is InChI=1S/C21H25N9OS2/c31-20(27-17-12-30(14-26-17)9-8-29-6-1-2-7-29)28-21-23-11-15(33-21)3-5-22-19-18-16(4-10-32-18)24-13-25-19/h4,10-14H,1-3,5-9H2,(H,22,24,25)(H2,23,27,28,31). The monoisotopic (exact) mass is 483 g/mol. The SMILES string of the molecule is O=C(Nc1cn(CCN2CCCC2)cn1)Nc1ncc(CCNc2ncnc3ccsc23)s1. The second-order valence-corrected chi connectivity index (χ2v) is 9.82. The van der Waals surface area contributed by atoms with Gasteiger partial charge >= 0.3 is 6.03 Å². The van der Waals surface area contributed by atoms with Crippen LogP contribution in [0.1, 0.15) is 17.7 Å². The maximum Gasteiger partial charge on any atom is 0.326 e. The second-order valence-electron chi connectivity index (χ2n) is 7.79. The summed E-state index contributed by atoms with van der Waals surface area (Å²) in [7, 11) is 0. The number of likely N-dealkylation sites (tertiary alicyclic amines) is 1. The van der Waals surface area contributed by atoms with E-state index in [-0.39, 0.29) is 6.03 Å². The maximum absolute atomic E-state index is 12.3. The summed E-state index contributed by atoms with van der Waals surface area (Å²) in [5, 5.41) is 11.5. The van der Waals surface area contributed by atoms with E-state index in [4.69, 9.17) is 0 Å². The summed E-state index contributed by atoms with van der Waals surface area (Å²) < 4.78 is 3.06. The van der Waals surface area contributed by atoms with E-state index in [2.05, 4.69) is 40.8 Å². The van der Waals surface area contributed by atoms with Crippen LogP contribution >= 0.6 is 22.7 Å². The Kier molecular flexibility index (Phi) is 6.74. The van der Waals surface area contributed by atoms with Crippen LogP contribution in [-0.4, -0.2) is 61.6 Å². The van der Waals surface area contributed by atoms with E-state index in [0.717, 1.165) is 40.4 Å². The van der Waals surface area contributed by atoms with Crippen molar-refractivity contribution in [2.45, 2.75) is 25.8 Å². The van der Waals surface area contributed by atoms with Crippen LogP contribution in [0.15, 0.2) is 36.5 Å². The van der Waals surface area contributed by atoms with Gasteiger partial charge in [-0.05, 0) is 37.4 Å². The number of anilines is 3. The highest BCUT2D eigenvalue weighted by molar-refractivity contribution is 7.17. The number of nitrogens with one attached hydrogen (secondary N) is 3. The molecule has 5 rings (SSSR count). The number of amides is 2. The molecule has 2 amide bonds. The fourth-order valence-electron chi connectivity index (χ4n) is 3.75. The Labute approximate surface area is 199 Å². The number of hydrogen-bond donors (Lipinski definition) is 3. The van der Waals surface area contributed by atoms with E-state index in [0.29, 0.717) is 17.5 Å². The fraction of sp³-hybridized carbons (Fsp3) is 0.381. The van der Waals surface area contributed by atoms with Gasteiger partial charge in [0.2, 0.25) is 0 Å². The fourth-order valence-corrected chi connectivity index (χ4v) is 5.37. The van der Waals surface area contributed by atoms with E-state index in [9.17, 15) is 4.79 Å². The molecular formula is C21H25N9OS2. The van der Waals surface area contributed by atoms with Crippen LogP contribution in [-0.2, 0) is 13.0 Å². The Morgan fingerprint density at radius 3 is 2.91 bits per heavy atom. The predicted octanol–water partition coefficient (Wildman–Crippen LogP) is 3.74. The third kappa shape index (κ3) is 5.64. The van der Waals surface area contributed by atoms with Gasteiger partial charge in [0.1, 0.15) is 12.1 Å². The number of thiophene rings is 1. The molecule has 0 saturated carbocycles. The molecule has 0 aromatic carbocycles. The number of carbonyl (C=O) groups excluding carboxylic acids is 1. The van der Waals surface area contributed by atoms with Crippen LogP contribution in [0.5, 0.6) is 0 Å². The van der Waals surface area contributed by atoms with Crippen molar-refractivity contribution in [2.24, 2.45) is 0 Å². The molecule has 1 aliphatic heterocycles. The van der Waals surface area contributed by atoms with Gasteiger partial charge in [-0.3, -0.25) is 10.6 Å². The van der Waals surface area contributed by atoms with Crippen molar-refractivity contribution < 1.29 is 4.79 Å². The second kappa shape index (κ2) is 10.2. The first-order chi connectivity index (χ1) is 16.2. The van der Waals surface area contributed by atoms with Gasteiger partial charge < -0.3 is 14.8 Å². The van der Waals surface area contributed by atoms with Crippen LogP contribution in [0.4, 0.5) is 21.6 Å². The van der Waals surface area contributed by atoms with Gasteiger partial charge in [-0.2, -0.15) is 0 Å². The molecule has 1 fully saturated rings. The van der Waals surface area contributed by atoms with Crippen molar-refractivity contribution in [1.82, 2.24) is 29.4 Å². The van der Waals surface area contributed by atoms with E-state index < -0.39 is 0 Å². The smallest absolute Gasteiger partial charge is 0.326 e. The molecule has 0 bridgehead atoms. The van der Waals surface area contributed by atoms with Gasteiger partial charge in [-0.15, -0.1) is 22.7 Å². The molecule has 1 saturated heterocycles. The van der Waals surface area contributed by atoms with E-state index in [1.807, 2.05) is 22.2 Å². The minimum absolute atomic E-state index is 0.347. The lowest BCUT2D eigenvalue weighted by Gasteiger charge is -2.14. The zero-order valence-electron chi connectivity index (χ0n) is 18.0. The summed E-state index contributed by atoms with van der Waals surface area (Å²) in [6, 6.07) is 1.64. The number of thiazole rings is 1. The topological polar surface area (TPSA) is 113 Å². The molecule has 0 aliphatic carbocycles. The number of imidazole rings is 1. The number of hydrogen-bond acceptors (Lipinski definition) is 9. The summed E-state index contributed by atoms with van der Waals surface area (Å²) >= 11 is 3.08. The van der Waals surface area contributed by atoms with Crippen molar-refractivity contribution in [1.29, 1.82) is 0 Å². The zero-order valence-corrected chi connectivity index (χ0v) is 19.7. The molecule has 0 radical (unpaired) electrons. The molecule has 5 heterocycles. The van der Waals surface area contributed by atoms with E-state index >= 15 is 0 Å². The molecule has 4 aromatic heterocycles. The lowest BCUT2D eigenvalue weighted by atomic mass is 10.3. The summed E-state index contributed by atoms with van der Waals surface area (Å²) in [4.78, 5) is 33.0. The number of urea groups is 1. The highest BCUT2D eigenvalue weighted by atomic mass is 32.1. The molecule has 3 N–H and O–H groups in total. The molecule has 10 nitrogen and oxygen atoms in total. The number of aromatic nitrogens is 5. The minimum Gasteiger partial charge on any atom is -0.368 e. The average Bonchev–Trinajstić information content (AvgIpc) is 3.60. The summed E-state index contributed by atoms with van der Waals surface area (Å²) in [6.45, 7) is 4.94. The normalized spacial score (nSPS) is 14.1. The molecule has 12 heteroatoms. The number of nitrogens with zero attached hydrogens (tertiary/aromatic N) is 6. The van der Waals surface area contributed by atoms with Gasteiger partial charge in [-0.1, -0.05) is 0 Å².